The maximum Gasteiger partial charge on any atom is 0.410 e. The van der Waals surface area contributed by atoms with E-state index in [2.05, 4.69) is 5.10 Å². The third-order valence-corrected chi connectivity index (χ3v) is 7.42. The van der Waals surface area contributed by atoms with Crippen molar-refractivity contribution in [2.24, 2.45) is 0 Å². The number of sulfone groups is 1. The number of rotatable bonds is 3. The number of nitrogens with zero attached hydrogens (tertiary/aromatic N) is 3. The van der Waals surface area contributed by atoms with E-state index in [9.17, 15) is 23.1 Å². The van der Waals surface area contributed by atoms with Crippen molar-refractivity contribution in [2.75, 3.05) is 20.2 Å². The number of piperidine rings is 1. The number of amides is 1. The fourth-order valence-electron chi connectivity index (χ4n) is 4.42. The molecule has 0 saturated carbocycles. The zero-order chi connectivity index (χ0) is 24.1. The average molecular weight is 478 g/mol. The van der Waals surface area contributed by atoms with Crippen LogP contribution in [0.15, 0.2) is 23.1 Å². The summed E-state index contributed by atoms with van der Waals surface area (Å²) in [4.78, 5) is 26.2. The fourth-order valence-corrected chi connectivity index (χ4v) is 6.18. The summed E-state index contributed by atoms with van der Waals surface area (Å²) in [6.07, 6.45) is 0.874. The Bertz CT molecular complexity index is 1230. The minimum absolute atomic E-state index is 0.0258. The van der Waals surface area contributed by atoms with Crippen LogP contribution < -0.4 is 4.74 Å². The largest absolute Gasteiger partial charge is 0.495 e. The molecule has 178 valence electrons. The van der Waals surface area contributed by atoms with Gasteiger partial charge in [-0.3, -0.25) is 4.68 Å². The number of fused-ring (bicyclic) bond motifs is 3. The zero-order valence-corrected chi connectivity index (χ0v) is 19.8. The molecule has 1 N–H and O–H groups in total. The maximum absolute atomic E-state index is 13.1. The number of methoxy groups -OCH3 is 1. The smallest absolute Gasteiger partial charge is 0.410 e. The van der Waals surface area contributed by atoms with E-state index < -0.39 is 33.3 Å². The number of carbonyl (C=O) groups excluding carboxylic acids is 1. The van der Waals surface area contributed by atoms with Crippen LogP contribution in [0.5, 0.6) is 5.75 Å². The van der Waals surface area contributed by atoms with Gasteiger partial charge in [0.05, 0.1) is 24.6 Å². The molecule has 1 amide bonds. The van der Waals surface area contributed by atoms with E-state index >= 15 is 0 Å². The van der Waals surface area contributed by atoms with Gasteiger partial charge < -0.3 is 19.5 Å². The molecule has 4 rings (SSSR count). The molecule has 0 aliphatic carbocycles. The SMILES string of the molecule is COc1cccc2c1S(=O)(=O)Cc1c(C(=O)O)nn(C3CCCN(C(=O)OC(C)(C)C)C3)c1-2. The van der Waals surface area contributed by atoms with Crippen LogP contribution in [0.1, 0.15) is 55.7 Å². The van der Waals surface area contributed by atoms with E-state index in [1.54, 1.807) is 48.6 Å². The second-order valence-electron chi connectivity index (χ2n) is 9.24. The molecule has 1 aromatic carbocycles. The second-order valence-corrected chi connectivity index (χ2v) is 11.2. The van der Waals surface area contributed by atoms with Crippen molar-refractivity contribution in [1.29, 1.82) is 0 Å². The molecule has 0 radical (unpaired) electrons. The lowest BCUT2D eigenvalue weighted by Gasteiger charge is -2.35. The van der Waals surface area contributed by atoms with Gasteiger partial charge in [0, 0.05) is 24.2 Å². The Morgan fingerprint density at radius 1 is 1.24 bits per heavy atom. The highest BCUT2D eigenvalue weighted by molar-refractivity contribution is 7.91. The third-order valence-electron chi connectivity index (χ3n) is 5.70. The number of hydrogen-bond donors (Lipinski definition) is 1. The zero-order valence-electron chi connectivity index (χ0n) is 19.0. The molecule has 0 bridgehead atoms. The Kier molecular flexibility index (Phi) is 5.63. The number of likely N-dealkylation sites (tertiary alicyclic amines) is 1. The monoisotopic (exact) mass is 477 g/mol. The van der Waals surface area contributed by atoms with Crippen molar-refractivity contribution in [1.82, 2.24) is 14.7 Å². The summed E-state index contributed by atoms with van der Waals surface area (Å²) >= 11 is 0. The lowest BCUT2D eigenvalue weighted by Crippen LogP contribution is -2.43. The van der Waals surface area contributed by atoms with Gasteiger partial charge in [0.2, 0.25) is 0 Å². The highest BCUT2D eigenvalue weighted by atomic mass is 32.2. The molecule has 2 aliphatic rings. The van der Waals surface area contributed by atoms with Crippen molar-refractivity contribution >= 4 is 21.9 Å². The highest BCUT2D eigenvalue weighted by Crippen LogP contribution is 2.45. The minimum Gasteiger partial charge on any atom is -0.495 e. The second kappa shape index (κ2) is 8.05. The standard InChI is InChI=1S/C22H27N3O7S/c1-22(2,3)32-21(28)24-10-6-7-13(11-24)25-18-14-8-5-9-16(31-4)19(14)33(29,30)12-15(18)17(23-25)20(26)27/h5,8-9,13H,6-7,10-12H2,1-4H3,(H,26,27). The first-order valence-electron chi connectivity index (χ1n) is 10.7. The molecule has 1 aromatic heterocycles. The molecule has 3 heterocycles. The van der Waals surface area contributed by atoms with E-state index in [0.717, 1.165) is 0 Å². The van der Waals surface area contributed by atoms with Gasteiger partial charge in [0.1, 0.15) is 16.2 Å². The van der Waals surface area contributed by atoms with Gasteiger partial charge in [-0.1, -0.05) is 12.1 Å². The van der Waals surface area contributed by atoms with E-state index in [1.807, 2.05) is 0 Å². The summed E-state index contributed by atoms with van der Waals surface area (Å²) in [5, 5.41) is 14.1. The number of aromatic nitrogens is 2. The molecule has 1 atom stereocenters. The van der Waals surface area contributed by atoms with E-state index in [1.165, 1.54) is 7.11 Å². The molecule has 0 spiro atoms. The highest BCUT2D eigenvalue weighted by Gasteiger charge is 2.40. The Hall–Kier alpha value is -3.08. The van der Waals surface area contributed by atoms with Crippen molar-refractivity contribution < 1.29 is 32.6 Å². The molecule has 33 heavy (non-hydrogen) atoms. The van der Waals surface area contributed by atoms with E-state index in [0.29, 0.717) is 30.6 Å². The van der Waals surface area contributed by atoms with Gasteiger partial charge in [-0.25, -0.2) is 18.0 Å². The van der Waals surface area contributed by atoms with Gasteiger partial charge in [-0.05, 0) is 39.7 Å². The molecule has 1 saturated heterocycles. The number of benzene rings is 1. The van der Waals surface area contributed by atoms with Crippen LogP contribution in [-0.2, 0) is 20.3 Å². The summed E-state index contributed by atoms with van der Waals surface area (Å²) in [5.74, 6) is -1.59. The molecule has 1 fully saturated rings. The Labute approximate surface area is 192 Å². The van der Waals surface area contributed by atoms with Crippen LogP contribution in [0, 0.1) is 0 Å². The summed E-state index contributed by atoms with van der Waals surface area (Å²) in [5.41, 5.74) is 0.00103. The average Bonchev–Trinajstić information content (AvgIpc) is 3.11. The predicted molar refractivity (Wildman–Crippen MR) is 118 cm³/mol. The summed E-state index contributed by atoms with van der Waals surface area (Å²) < 4.78 is 38.5. The van der Waals surface area contributed by atoms with Gasteiger partial charge in [-0.15, -0.1) is 0 Å². The van der Waals surface area contributed by atoms with Crippen LogP contribution in [-0.4, -0.2) is 66.1 Å². The lowest BCUT2D eigenvalue weighted by atomic mass is 10.0. The van der Waals surface area contributed by atoms with Crippen molar-refractivity contribution in [2.45, 2.75) is 55.9 Å². The Morgan fingerprint density at radius 3 is 2.61 bits per heavy atom. The van der Waals surface area contributed by atoms with Crippen LogP contribution in [0.2, 0.25) is 0 Å². The van der Waals surface area contributed by atoms with E-state index in [4.69, 9.17) is 9.47 Å². The predicted octanol–water partition coefficient (Wildman–Crippen LogP) is 3.12. The molecule has 10 nitrogen and oxygen atoms in total. The molecule has 2 aliphatic heterocycles. The Morgan fingerprint density at radius 2 is 1.97 bits per heavy atom. The molecule has 2 aromatic rings. The lowest BCUT2D eigenvalue weighted by molar-refractivity contribution is 0.0167. The van der Waals surface area contributed by atoms with Crippen LogP contribution in [0.25, 0.3) is 11.3 Å². The maximum atomic E-state index is 13.1. The first kappa shape index (κ1) is 23.1. The van der Waals surface area contributed by atoms with Crippen LogP contribution in [0.4, 0.5) is 4.79 Å². The van der Waals surface area contributed by atoms with Gasteiger partial charge in [0.15, 0.2) is 15.5 Å². The number of aromatic carboxylic acids is 1. The number of carboxylic acid groups (broad SMARTS) is 1. The number of carbonyl (C=O) groups is 2. The van der Waals surface area contributed by atoms with Crippen molar-refractivity contribution in [3.63, 3.8) is 0 Å². The van der Waals surface area contributed by atoms with Crippen molar-refractivity contribution in [3.05, 3.63) is 29.5 Å². The van der Waals surface area contributed by atoms with Crippen LogP contribution in [0.3, 0.4) is 0 Å². The summed E-state index contributed by atoms with van der Waals surface area (Å²) in [7, 11) is -2.45. The number of carboxylic acids is 1. The third kappa shape index (κ3) is 4.17. The Balaban J connectivity index is 1.82. The quantitative estimate of drug-likeness (QED) is 0.714. The number of ether oxygens (including phenoxy) is 2. The molecule has 1 unspecified atom stereocenters. The van der Waals surface area contributed by atoms with Crippen molar-refractivity contribution in [3.8, 4) is 17.0 Å². The first-order valence-corrected chi connectivity index (χ1v) is 12.3. The topological polar surface area (TPSA) is 128 Å². The van der Waals surface area contributed by atoms with Gasteiger partial charge in [-0.2, -0.15) is 5.10 Å². The summed E-state index contributed by atoms with van der Waals surface area (Å²) in [6, 6.07) is 4.51. The molecular formula is C22H27N3O7S. The normalized spacial score (nSPS) is 19.4. The minimum atomic E-state index is -3.84. The van der Waals surface area contributed by atoms with Gasteiger partial charge in [0.25, 0.3) is 0 Å². The van der Waals surface area contributed by atoms with E-state index in [-0.39, 0.29) is 34.5 Å². The van der Waals surface area contributed by atoms with Gasteiger partial charge >= 0.3 is 12.1 Å². The molecule has 11 heteroatoms. The fraction of sp³-hybridized carbons (Fsp3) is 0.500. The first-order chi connectivity index (χ1) is 15.4. The number of hydrogen-bond acceptors (Lipinski definition) is 7. The molecular weight excluding hydrogens is 450 g/mol. The van der Waals surface area contributed by atoms with Crippen LogP contribution >= 0.6 is 0 Å². The summed E-state index contributed by atoms with van der Waals surface area (Å²) in [6.45, 7) is 6.16.